The van der Waals surface area contributed by atoms with E-state index in [-0.39, 0.29) is 13.0 Å². The minimum atomic E-state index is -1.08. The summed E-state index contributed by atoms with van der Waals surface area (Å²) in [5, 5.41) is 11.8. The van der Waals surface area contributed by atoms with Crippen LogP contribution in [0.1, 0.15) is 26.3 Å². The quantitative estimate of drug-likeness (QED) is 0.786. The van der Waals surface area contributed by atoms with Crippen molar-refractivity contribution < 1.29 is 19.4 Å². The number of hydrogen-bond acceptors (Lipinski definition) is 3. The summed E-state index contributed by atoms with van der Waals surface area (Å²) >= 11 is 0. The Labute approximate surface area is 153 Å². The van der Waals surface area contributed by atoms with Crippen LogP contribution >= 0.6 is 0 Å². The molecular weight excluding hydrogens is 330 g/mol. The van der Waals surface area contributed by atoms with E-state index in [0.717, 1.165) is 16.3 Å². The summed E-state index contributed by atoms with van der Waals surface area (Å²) in [4.78, 5) is 25.6. The lowest BCUT2D eigenvalue weighted by molar-refractivity contribution is -0.143. The fraction of sp³-hybridized carbons (Fsp3) is 0.333. The number of hydrogen-bond donors (Lipinski definition) is 1. The maximum Gasteiger partial charge on any atom is 0.411 e. The molecule has 5 nitrogen and oxygen atoms in total. The number of aliphatic carboxylic acids is 1. The summed E-state index contributed by atoms with van der Waals surface area (Å²) in [6, 6.07) is 12.6. The molecule has 2 aromatic carbocycles. The maximum atomic E-state index is 12.5. The molecule has 0 saturated heterocycles. The van der Waals surface area contributed by atoms with Crippen LogP contribution in [0.3, 0.4) is 0 Å². The van der Waals surface area contributed by atoms with E-state index in [4.69, 9.17) is 4.74 Å². The van der Waals surface area contributed by atoms with Crippen molar-refractivity contribution in [3.63, 3.8) is 0 Å². The number of rotatable bonds is 6. The average Bonchev–Trinajstić information content (AvgIpc) is 2.56. The number of nitrogens with zero attached hydrogens (tertiary/aromatic N) is 1. The molecule has 0 unspecified atom stereocenters. The molecule has 0 spiro atoms. The molecule has 1 N–H and O–H groups in total. The monoisotopic (exact) mass is 355 g/mol. The molecule has 0 heterocycles. The number of carboxylic acid groups (broad SMARTS) is 1. The molecule has 2 rings (SSSR count). The minimum Gasteiger partial charge on any atom is -0.480 e. The third-order valence-corrected chi connectivity index (χ3v) is 3.86. The molecule has 138 valence electrons. The fourth-order valence-electron chi connectivity index (χ4n) is 2.71. The van der Waals surface area contributed by atoms with Gasteiger partial charge in [0.15, 0.2) is 0 Å². The van der Waals surface area contributed by atoms with Crippen LogP contribution in [0.15, 0.2) is 55.1 Å². The second-order valence-corrected chi connectivity index (χ2v) is 7.16. The molecule has 0 aliphatic rings. The number of amides is 1. The summed E-state index contributed by atoms with van der Waals surface area (Å²) < 4.78 is 5.37. The van der Waals surface area contributed by atoms with Gasteiger partial charge in [0, 0.05) is 13.0 Å². The molecular formula is C21H25NO4. The van der Waals surface area contributed by atoms with Gasteiger partial charge in [-0.1, -0.05) is 48.5 Å². The van der Waals surface area contributed by atoms with Crippen LogP contribution in [-0.4, -0.2) is 40.3 Å². The van der Waals surface area contributed by atoms with E-state index in [0.29, 0.717) is 0 Å². The van der Waals surface area contributed by atoms with E-state index in [1.165, 1.54) is 11.0 Å². The Morgan fingerprint density at radius 1 is 1.19 bits per heavy atom. The topological polar surface area (TPSA) is 66.8 Å². The molecule has 0 saturated carbocycles. The average molecular weight is 355 g/mol. The molecule has 0 bridgehead atoms. The van der Waals surface area contributed by atoms with Gasteiger partial charge >= 0.3 is 12.1 Å². The van der Waals surface area contributed by atoms with Gasteiger partial charge < -0.3 is 9.84 Å². The third-order valence-electron chi connectivity index (χ3n) is 3.86. The molecule has 1 atom stereocenters. The highest BCUT2D eigenvalue weighted by Crippen LogP contribution is 2.19. The van der Waals surface area contributed by atoms with Gasteiger partial charge in [0.2, 0.25) is 0 Å². The molecule has 0 aliphatic carbocycles. The van der Waals surface area contributed by atoms with Crippen molar-refractivity contribution in [3.8, 4) is 0 Å². The molecule has 26 heavy (non-hydrogen) atoms. The van der Waals surface area contributed by atoms with Crippen molar-refractivity contribution in [3.05, 3.63) is 60.7 Å². The van der Waals surface area contributed by atoms with Gasteiger partial charge in [-0.05, 0) is 37.1 Å². The Morgan fingerprint density at radius 2 is 1.85 bits per heavy atom. The van der Waals surface area contributed by atoms with Crippen molar-refractivity contribution in [2.24, 2.45) is 0 Å². The van der Waals surface area contributed by atoms with Crippen molar-refractivity contribution in [1.29, 1.82) is 0 Å². The SMILES string of the molecule is C=CCN(C(=O)OC(C)(C)C)[C@@H](Cc1ccc2ccccc2c1)C(=O)O. The highest BCUT2D eigenvalue weighted by molar-refractivity contribution is 5.84. The number of ether oxygens (including phenoxy) is 1. The Hall–Kier alpha value is -2.82. The Bertz CT molecular complexity index is 807. The minimum absolute atomic E-state index is 0.0967. The highest BCUT2D eigenvalue weighted by atomic mass is 16.6. The first-order valence-electron chi connectivity index (χ1n) is 8.52. The van der Waals surface area contributed by atoms with Crippen molar-refractivity contribution >= 4 is 22.8 Å². The molecule has 1 amide bonds. The molecule has 0 fully saturated rings. The maximum absolute atomic E-state index is 12.5. The predicted molar refractivity (Wildman–Crippen MR) is 102 cm³/mol. The van der Waals surface area contributed by atoms with Gasteiger partial charge in [0.1, 0.15) is 11.6 Å². The van der Waals surface area contributed by atoms with Crippen molar-refractivity contribution in [2.45, 2.75) is 38.8 Å². The second-order valence-electron chi connectivity index (χ2n) is 7.16. The van der Waals surface area contributed by atoms with Gasteiger partial charge in [0.05, 0.1) is 0 Å². The van der Waals surface area contributed by atoms with Gasteiger partial charge in [-0.3, -0.25) is 4.90 Å². The van der Waals surface area contributed by atoms with Crippen molar-refractivity contribution in [2.75, 3.05) is 6.54 Å². The van der Waals surface area contributed by atoms with E-state index >= 15 is 0 Å². The zero-order chi connectivity index (χ0) is 19.3. The van der Waals surface area contributed by atoms with Crippen LogP contribution in [0.2, 0.25) is 0 Å². The van der Waals surface area contributed by atoms with Crippen LogP contribution in [0, 0.1) is 0 Å². The zero-order valence-electron chi connectivity index (χ0n) is 15.4. The van der Waals surface area contributed by atoms with Crippen LogP contribution < -0.4 is 0 Å². The lowest BCUT2D eigenvalue weighted by Gasteiger charge is -2.30. The third kappa shape index (κ3) is 5.09. The molecule has 0 aliphatic heterocycles. The first-order valence-corrected chi connectivity index (χ1v) is 8.52. The molecule has 0 radical (unpaired) electrons. The van der Waals surface area contributed by atoms with Crippen molar-refractivity contribution in [1.82, 2.24) is 4.90 Å². The van der Waals surface area contributed by atoms with Crippen LogP contribution in [0.25, 0.3) is 10.8 Å². The van der Waals surface area contributed by atoms with Crippen LogP contribution in [-0.2, 0) is 16.0 Å². The van der Waals surface area contributed by atoms with E-state index < -0.39 is 23.7 Å². The number of carbonyl (C=O) groups excluding carboxylic acids is 1. The Balaban J connectivity index is 2.30. The van der Waals surface area contributed by atoms with E-state index in [1.807, 2.05) is 42.5 Å². The molecule has 0 aromatic heterocycles. The molecule has 2 aromatic rings. The fourth-order valence-corrected chi connectivity index (χ4v) is 2.71. The van der Waals surface area contributed by atoms with Crippen LogP contribution in [0.4, 0.5) is 4.79 Å². The number of fused-ring (bicyclic) bond motifs is 1. The number of carbonyl (C=O) groups is 2. The smallest absolute Gasteiger partial charge is 0.411 e. The predicted octanol–water partition coefficient (Wildman–Crippen LogP) is 4.26. The zero-order valence-corrected chi connectivity index (χ0v) is 15.4. The normalized spacial score (nSPS) is 12.4. The van der Waals surface area contributed by atoms with Gasteiger partial charge in [-0.25, -0.2) is 9.59 Å². The second kappa shape index (κ2) is 8.04. The van der Waals surface area contributed by atoms with Gasteiger partial charge in [-0.15, -0.1) is 6.58 Å². The summed E-state index contributed by atoms with van der Waals surface area (Å²) in [5.74, 6) is -1.08. The first-order chi connectivity index (χ1) is 12.2. The van der Waals surface area contributed by atoms with Crippen LogP contribution in [0.5, 0.6) is 0 Å². The van der Waals surface area contributed by atoms with Gasteiger partial charge in [0.25, 0.3) is 0 Å². The molecule has 5 heteroatoms. The Morgan fingerprint density at radius 3 is 2.42 bits per heavy atom. The van der Waals surface area contributed by atoms with E-state index in [2.05, 4.69) is 6.58 Å². The summed E-state index contributed by atoms with van der Waals surface area (Å²) in [6.07, 6.45) is 1.03. The first kappa shape index (κ1) is 19.5. The lowest BCUT2D eigenvalue weighted by Crippen LogP contribution is -2.48. The lowest BCUT2D eigenvalue weighted by atomic mass is 10.0. The largest absolute Gasteiger partial charge is 0.480 e. The number of benzene rings is 2. The summed E-state index contributed by atoms with van der Waals surface area (Å²) in [7, 11) is 0. The Kier molecular flexibility index (Phi) is 6.03. The highest BCUT2D eigenvalue weighted by Gasteiger charge is 2.32. The van der Waals surface area contributed by atoms with Gasteiger partial charge in [-0.2, -0.15) is 0 Å². The summed E-state index contributed by atoms with van der Waals surface area (Å²) in [5.41, 5.74) is 0.136. The van der Waals surface area contributed by atoms with E-state index in [9.17, 15) is 14.7 Å². The summed E-state index contributed by atoms with van der Waals surface area (Å²) in [6.45, 7) is 8.96. The standard InChI is InChI=1S/C21H25NO4/c1-5-12-22(20(25)26-21(2,3)4)18(19(23)24)14-15-10-11-16-8-6-7-9-17(16)13-15/h5-11,13,18H,1,12,14H2,2-4H3,(H,23,24)/t18-/m0/s1. The van der Waals surface area contributed by atoms with E-state index in [1.54, 1.807) is 20.8 Å². The number of carboxylic acids is 1.